The summed E-state index contributed by atoms with van der Waals surface area (Å²) in [5, 5.41) is 0.744. The number of ether oxygens (including phenoxy) is 3. The lowest BCUT2D eigenvalue weighted by molar-refractivity contribution is -0.594. The van der Waals surface area contributed by atoms with E-state index in [1.165, 1.54) is 14.2 Å². The Kier molecular flexibility index (Phi) is 8.33. The van der Waals surface area contributed by atoms with Crippen LogP contribution in [0, 0.1) is 0 Å². The molecule has 0 saturated carbocycles. The van der Waals surface area contributed by atoms with Crippen LogP contribution in [0.4, 0.5) is 87.8 Å². The van der Waals surface area contributed by atoms with Crippen molar-refractivity contribution in [2.45, 2.75) is 60.0 Å². The first kappa shape index (κ1) is 33.7. The number of hydrogen-bond donors (Lipinski definition) is 1. The fourth-order valence-electron chi connectivity index (χ4n) is 1.34. The molecule has 0 saturated heterocycles. The van der Waals surface area contributed by atoms with E-state index in [0.29, 0.717) is 0 Å². The van der Waals surface area contributed by atoms with E-state index < -0.39 is 60.0 Å². The van der Waals surface area contributed by atoms with E-state index in [9.17, 15) is 87.8 Å². The van der Waals surface area contributed by atoms with Crippen molar-refractivity contribution in [3.05, 3.63) is 0 Å². The number of aliphatic hydroxyl groups is 1. The minimum atomic E-state index is -8.33. The summed E-state index contributed by atoms with van der Waals surface area (Å²) < 4.78 is 258. The Hall–Kier alpha value is -1.27. The fraction of sp³-hybridized carbons (Fsp3) is 1.00. The van der Waals surface area contributed by atoms with E-state index in [-0.39, 0.29) is 0 Å². The molecule has 0 amide bonds. The Morgan fingerprint density at radius 3 is 1.03 bits per heavy atom. The lowest BCUT2D eigenvalue weighted by atomic mass is 10.0. The van der Waals surface area contributed by atoms with E-state index >= 15 is 0 Å². The van der Waals surface area contributed by atoms with Gasteiger partial charge in [-0.2, -0.15) is 65.9 Å². The highest BCUT2D eigenvalue weighted by molar-refractivity contribution is 6.24. The van der Waals surface area contributed by atoms with Crippen molar-refractivity contribution in [2.75, 3.05) is 0 Å². The van der Waals surface area contributed by atoms with Crippen LogP contribution in [0.25, 0.3) is 0 Å². The van der Waals surface area contributed by atoms with Gasteiger partial charge in [0, 0.05) is 0 Å². The summed E-state index contributed by atoms with van der Waals surface area (Å²) in [7, 11) is 0. The fourth-order valence-corrected chi connectivity index (χ4v) is 1.38. The first-order chi connectivity index (χ1) is 14.6. The Balaban J connectivity index is 6.05. The minimum absolute atomic E-state index is 1.25. The molecule has 1 atom stereocenters. The standard InChI is InChI=1S/C10HClF20O4/c11-1(12,5(19,20)21)7(24,25)33-9(28,29)35-10(30,31)34-8(26,27)4(17,18)2(13,14)3(15,16)6(22,23)32/h32H. The van der Waals surface area contributed by atoms with E-state index in [0.717, 1.165) is 0 Å². The van der Waals surface area contributed by atoms with E-state index in [1.807, 2.05) is 0 Å². The van der Waals surface area contributed by atoms with Crippen LogP contribution in [-0.4, -0.2) is 65.1 Å². The molecular weight excluding hydrogens is 600 g/mol. The van der Waals surface area contributed by atoms with Crippen LogP contribution in [0.1, 0.15) is 0 Å². The van der Waals surface area contributed by atoms with Crippen LogP contribution in [0.5, 0.6) is 0 Å². The zero-order chi connectivity index (χ0) is 29.1. The van der Waals surface area contributed by atoms with Gasteiger partial charge in [-0.15, -0.1) is 17.6 Å². The Morgan fingerprint density at radius 2 is 0.743 bits per heavy atom. The third-order valence-corrected chi connectivity index (χ3v) is 3.42. The van der Waals surface area contributed by atoms with Gasteiger partial charge in [-0.05, 0) is 0 Å². The monoisotopic (exact) mass is 600 g/mol. The molecule has 0 bridgehead atoms. The van der Waals surface area contributed by atoms with Gasteiger partial charge in [0.25, 0.3) is 0 Å². The van der Waals surface area contributed by atoms with Gasteiger partial charge in [0.2, 0.25) is 0 Å². The molecule has 0 aromatic carbocycles. The molecule has 25 heteroatoms. The van der Waals surface area contributed by atoms with Crippen molar-refractivity contribution in [3.63, 3.8) is 0 Å². The van der Waals surface area contributed by atoms with Gasteiger partial charge < -0.3 is 5.11 Å². The SMILES string of the molecule is OC(F)(F)C(F)(F)C(F)(F)C(F)(F)C(F)(F)OC(F)(F)OC(F)(F)OC(F)(F)C(F)(Cl)C(F)(F)F. The summed E-state index contributed by atoms with van der Waals surface area (Å²) in [5.41, 5.74) is 0. The van der Waals surface area contributed by atoms with Crippen molar-refractivity contribution in [1.29, 1.82) is 0 Å². The third kappa shape index (κ3) is 6.18. The molecule has 212 valence electrons. The summed E-state index contributed by atoms with van der Waals surface area (Å²) in [5.74, 6) is -24.6. The van der Waals surface area contributed by atoms with Crippen LogP contribution in [0.2, 0.25) is 0 Å². The molecule has 0 aliphatic heterocycles. The average molecular weight is 601 g/mol. The molecule has 0 aliphatic carbocycles. The topological polar surface area (TPSA) is 47.9 Å². The number of alkyl halides is 21. The summed E-state index contributed by atoms with van der Waals surface area (Å²) in [6, 6.07) is 0. The highest BCUT2D eigenvalue weighted by Crippen LogP contribution is 2.58. The average Bonchev–Trinajstić information content (AvgIpc) is 2.48. The second kappa shape index (κ2) is 8.65. The normalized spacial score (nSPS) is 18.0. The van der Waals surface area contributed by atoms with E-state index in [2.05, 4.69) is 11.6 Å². The maximum atomic E-state index is 13.1. The zero-order valence-electron chi connectivity index (χ0n) is 14.6. The summed E-state index contributed by atoms with van der Waals surface area (Å²) >= 11 is 3.55. The van der Waals surface area contributed by atoms with Crippen LogP contribution in [0.3, 0.4) is 0 Å². The van der Waals surface area contributed by atoms with Gasteiger partial charge in [-0.25, -0.2) is 18.6 Å². The molecule has 1 N–H and O–H groups in total. The molecule has 35 heavy (non-hydrogen) atoms. The smallest absolute Gasteiger partial charge is 0.331 e. The first-order valence-corrected chi connectivity index (χ1v) is 7.29. The number of hydrogen-bond acceptors (Lipinski definition) is 4. The van der Waals surface area contributed by atoms with Crippen LogP contribution < -0.4 is 0 Å². The Labute approximate surface area is 180 Å². The van der Waals surface area contributed by atoms with E-state index in [1.54, 1.807) is 0 Å². The van der Waals surface area contributed by atoms with Gasteiger partial charge in [-0.1, -0.05) is 11.6 Å². The second-order valence-corrected chi connectivity index (χ2v) is 6.12. The minimum Gasteiger partial charge on any atom is -0.331 e. The lowest BCUT2D eigenvalue weighted by Crippen LogP contribution is -2.68. The Morgan fingerprint density at radius 1 is 0.429 bits per heavy atom. The maximum absolute atomic E-state index is 13.1. The van der Waals surface area contributed by atoms with Crippen molar-refractivity contribution in [1.82, 2.24) is 0 Å². The lowest BCUT2D eigenvalue weighted by Gasteiger charge is -2.38. The summed E-state index contributed by atoms with van der Waals surface area (Å²) in [4.78, 5) is 0. The number of halogens is 21. The molecule has 0 spiro atoms. The molecule has 0 radical (unpaired) electrons. The van der Waals surface area contributed by atoms with Crippen LogP contribution in [-0.2, 0) is 14.2 Å². The van der Waals surface area contributed by atoms with Gasteiger partial charge in [0.15, 0.2) is 0 Å². The first-order valence-electron chi connectivity index (χ1n) is 6.92. The van der Waals surface area contributed by atoms with Gasteiger partial charge in [0.1, 0.15) is 0 Å². The maximum Gasteiger partial charge on any atom is 0.496 e. The van der Waals surface area contributed by atoms with Gasteiger partial charge >= 0.3 is 60.0 Å². The van der Waals surface area contributed by atoms with Crippen molar-refractivity contribution in [2.24, 2.45) is 0 Å². The third-order valence-electron chi connectivity index (χ3n) is 2.99. The molecular formula is C10HClF20O4. The number of rotatable bonds is 11. The molecule has 0 heterocycles. The quantitative estimate of drug-likeness (QED) is 0.172. The van der Waals surface area contributed by atoms with Crippen LogP contribution >= 0.6 is 11.6 Å². The predicted molar refractivity (Wildman–Crippen MR) is 60.8 cm³/mol. The van der Waals surface area contributed by atoms with Crippen molar-refractivity contribution >= 4 is 11.6 Å². The van der Waals surface area contributed by atoms with Crippen molar-refractivity contribution < 1.29 is 107 Å². The van der Waals surface area contributed by atoms with Gasteiger partial charge in [0.05, 0.1) is 0 Å². The molecule has 4 nitrogen and oxygen atoms in total. The largest absolute Gasteiger partial charge is 0.496 e. The predicted octanol–water partition coefficient (Wildman–Crippen LogP) is 6.28. The summed E-state index contributed by atoms with van der Waals surface area (Å²) in [6.45, 7) is 0. The Bertz CT molecular complexity index is 754. The van der Waals surface area contributed by atoms with Crippen LogP contribution in [0.15, 0.2) is 0 Å². The highest BCUT2D eigenvalue weighted by Gasteiger charge is 2.88. The molecule has 0 aliphatic rings. The molecule has 0 rings (SSSR count). The zero-order valence-corrected chi connectivity index (χ0v) is 15.4. The van der Waals surface area contributed by atoms with Gasteiger partial charge in [-0.3, -0.25) is 0 Å². The molecule has 1 unspecified atom stereocenters. The molecule has 0 aromatic rings. The van der Waals surface area contributed by atoms with E-state index in [4.69, 9.17) is 5.11 Å². The van der Waals surface area contributed by atoms with Crippen molar-refractivity contribution in [3.8, 4) is 0 Å². The second-order valence-electron chi connectivity index (χ2n) is 5.60. The molecule has 0 fully saturated rings. The summed E-state index contributed by atoms with van der Waals surface area (Å²) in [6.07, 6.45) is -44.3. The highest BCUT2D eigenvalue weighted by atomic mass is 35.5. The molecule has 0 aromatic heterocycles.